The minimum atomic E-state index is -3.52. The molecule has 0 aliphatic carbocycles. The molecule has 3 rings (SSSR count). The molecule has 0 atom stereocenters. The number of ether oxygens (including phenoxy) is 1. The second-order valence-electron chi connectivity index (χ2n) is 7.84. The molecule has 0 unspecified atom stereocenters. The van der Waals surface area contributed by atoms with E-state index in [1.54, 1.807) is 30.3 Å². The molecular formula is C24H26Cl2N2O5S. The largest absolute Gasteiger partial charge is 0.452 e. The van der Waals surface area contributed by atoms with E-state index in [2.05, 4.69) is 5.32 Å². The van der Waals surface area contributed by atoms with Crippen molar-refractivity contribution >= 4 is 51.2 Å². The molecule has 10 heteroatoms. The molecule has 7 nitrogen and oxygen atoms in total. The van der Waals surface area contributed by atoms with Crippen molar-refractivity contribution in [3.05, 3.63) is 69.7 Å². The van der Waals surface area contributed by atoms with E-state index in [0.717, 1.165) is 25.7 Å². The summed E-state index contributed by atoms with van der Waals surface area (Å²) in [5, 5.41) is 3.53. The van der Waals surface area contributed by atoms with E-state index in [0.29, 0.717) is 34.3 Å². The second kappa shape index (κ2) is 12.4. The molecule has 1 aliphatic heterocycles. The summed E-state index contributed by atoms with van der Waals surface area (Å²) in [6, 6.07) is 11.2. The van der Waals surface area contributed by atoms with Gasteiger partial charge in [-0.1, -0.05) is 54.2 Å². The second-order valence-corrected chi connectivity index (χ2v) is 10.6. The van der Waals surface area contributed by atoms with Crippen LogP contribution >= 0.6 is 23.2 Å². The van der Waals surface area contributed by atoms with Gasteiger partial charge in [0.1, 0.15) is 0 Å². The lowest BCUT2D eigenvalue weighted by atomic mass is 10.2. The Labute approximate surface area is 209 Å². The van der Waals surface area contributed by atoms with Crippen LogP contribution in [0.1, 0.15) is 36.8 Å². The summed E-state index contributed by atoms with van der Waals surface area (Å²) in [5.74, 6) is -1.17. The number of amides is 1. The van der Waals surface area contributed by atoms with Gasteiger partial charge < -0.3 is 10.1 Å². The number of benzene rings is 2. The Morgan fingerprint density at radius 3 is 2.32 bits per heavy atom. The smallest absolute Gasteiger partial charge is 0.331 e. The van der Waals surface area contributed by atoms with E-state index in [4.69, 9.17) is 27.9 Å². The van der Waals surface area contributed by atoms with Crippen molar-refractivity contribution in [2.24, 2.45) is 0 Å². The summed E-state index contributed by atoms with van der Waals surface area (Å²) in [6.45, 7) is 0.808. The van der Waals surface area contributed by atoms with Crippen molar-refractivity contribution in [2.75, 3.05) is 19.7 Å². The Hall–Kier alpha value is -2.39. The Morgan fingerprint density at radius 2 is 1.68 bits per heavy atom. The maximum absolute atomic E-state index is 12.8. The highest BCUT2D eigenvalue weighted by atomic mass is 35.5. The molecule has 1 fully saturated rings. The fourth-order valence-corrected chi connectivity index (χ4v) is 5.43. The quantitative estimate of drug-likeness (QED) is 0.407. The average molecular weight is 525 g/mol. The van der Waals surface area contributed by atoms with E-state index in [1.165, 1.54) is 28.6 Å². The topological polar surface area (TPSA) is 92.8 Å². The normalized spacial score (nSPS) is 15.1. The summed E-state index contributed by atoms with van der Waals surface area (Å²) < 4.78 is 32.1. The van der Waals surface area contributed by atoms with Gasteiger partial charge >= 0.3 is 5.97 Å². The van der Waals surface area contributed by atoms with E-state index in [-0.39, 0.29) is 11.4 Å². The Bertz CT molecular complexity index is 1140. The molecule has 1 aliphatic rings. The number of hydrogen-bond donors (Lipinski definition) is 1. The molecule has 1 amide bonds. The number of sulfonamides is 1. The van der Waals surface area contributed by atoms with Gasteiger partial charge in [0.25, 0.3) is 5.91 Å². The van der Waals surface area contributed by atoms with Crippen molar-refractivity contribution in [3.8, 4) is 0 Å². The standard InChI is InChI=1S/C24H26Cl2N2O5S/c25-20-9-8-19(22(26)15-20)16-27-23(29)17-33-24(30)12-7-18-5-10-21(11-6-18)34(31,32)28-13-3-1-2-4-14-28/h5-12,15H,1-4,13-14,16-17H2,(H,27,29)/b12-7+. The van der Waals surface area contributed by atoms with Crippen molar-refractivity contribution in [2.45, 2.75) is 37.1 Å². The third kappa shape index (κ3) is 7.56. The van der Waals surface area contributed by atoms with Crippen molar-refractivity contribution in [3.63, 3.8) is 0 Å². The first-order valence-corrected chi connectivity index (χ1v) is 13.1. The van der Waals surface area contributed by atoms with Gasteiger partial charge in [0.05, 0.1) is 4.90 Å². The van der Waals surface area contributed by atoms with Gasteiger partial charge in [-0.3, -0.25) is 4.79 Å². The summed E-state index contributed by atoms with van der Waals surface area (Å²) in [6.07, 6.45) is 6.51. The van der Waals surface area contributed by atoms with Crippen LogP contribution in [0.4, 0.5) is 0 Å². The summed E-state index contributed by atoms with van der Waals surface area (Å²) in [7, 11) is -3.52. The van der Waals surface area contributed by atoms with Crippen molar-refractivity contribution in [1.29, 1.82) is 0 Å². The number of nitrogens with zero attached hydrogens (tertiary/aromatic N) is 1. The van der Waals surface area contributed by atoms with E-state index in [9.17, 15) is 18.0 Å². The third-order valence-electron chi connectivity index (χ3n) is 5.33. The molecule has 1 N–H and O–H groups in total. The summed E-state index contributed by atoms with van der Waals surface area (Å²) >= 11 is 11.9. The van der Waals surface area contributed by atoms with Crippen molar-refractivity contribution < 1.29 is 22.7 Å². The monoisotopic (exact) mass is 524 g/mol. The van der Waals surface area contributed by atoms with E-state index < -0.39 is 28.5 Å². The van der Waals surface area contributed by atoms with Crippen molar-refractivity contribution in [1.82, 2.24) is 9.62 Å². The minimum absolute atomic E-state index is 0.176. The highest BCUT2D eigenvalue weighted by Crippen LogP contribution is 2.22. The zero-order valence-electron chi connectivity index (χ0n) is 18.5. The summed E-state index contributed by atoms with van der Waals surface area (Å²) in [5.41, 5.74) is 1.32. The lowest BCUT2D eigenvalue weighted by Crippen LogP contribution is -2.31. The Balaban J connectivity index is 1.47. The number of carbonyl (C=O) groups excluding carboxylic acids is 2. The number of rotatable bonds is 8. The number of hydrogen-bond acceptors (Lipinski definition) is 5. The van der Waals surface area contributed by atoms with Crippen LogP contribution in [-0.4, -0.2) is 44.3 Å². The van der Waals surface area contributed by atoms with Crippen LogP contribution in [-0.2, 0) is 30.9 Å². The maximum Gasteiger partial charge on any atom is 0.331 e. The molecular weight excluding hydrogens is 499 g/mol. The molecule has 1 heterocycles. The minimum Gasteiger partial charge on any atom is -0.452 e. The Morgan fingerprint density at radius 1 is 1.00 bits per heavy atom. The number of esters is 1. The summed E-state index contributed by atoms with van der Waals surface area (Å²) in [4.78, 5) is 24.1. The van der Waals surface area contributed by atoms with E-state index in [1.807, 2.05) is 0 Å². The SMILES string of the molecule is O=C(COC(=O)/C=C/c1ccc(S(=O)(=O)N2CCCCCC2)cc1)NCc1ccc(Cl)cc1Cl. The zero-order valence-corrected chi connectivity index (χ0v) is 20.8. The maximum atomic E-state index is 12.8. The lowest BCUT2D eigenvalue weighted by molar-refractivity contribution is -0.143. The van der Waals surface area contributed by atoms with Crippen LogP contribution in [0.15, 0.2) is 53.4 Å². The van der Waals surface area contributed by atoms with Gasteiger partial charge in [0.2, 0.25) is 10.0 Å². The number of carbonyl (C=O) groups is 2. The van der Waals surface area contributed by atoms with E-state index >= 15 is 0 Å². The highest BCUT2D eigenvalue weighted by molar-refractivity contribution is 7.89. The number of nitrogens with one attached hydrogen (secondary N) is 1. The molecule has 0 aromatic heterocycles. The van der Waals surface area contributed by atoms with Gasteiger partial charge in [-0.2, -0.15) is 4.31 Å². The molecule has 2 aromatic rings. The molecule has 182 valence electrons. The predicted molar refractivity (Wildman–Crippen MR) is 132 cm³/mol. The molecule has 0 radical (unpaired) electrons. The molecule has 0 bridgehead atoms. The lowest BCUT2D eigenvalue weighted by Gasteiger charge is -2.19. The predicted octanol–water partition coefficient (Wildman–Crippen LogP) is 4.43. The third-order valence-corrected chi connectivity index (χ3v) is 7.83. The van der Waals surface area contributed by atoms with Gasteiger partial charge in [-0.15, -0.1) is 0 Å². The molecule has 1 saturated heterocycles. The zero-order chi connectivity index (χ0) is 24.6. The van der Waals surface area contributed by atoms with Crippen LogP contribution in [0, 0.1) is 0 Å². The molecule has 2 aromatic carbocycles. The van der Waals surface area contributed by atoms with Gasteiger partial charge in [-0.25, -0.2) is 13.2 Å². The van der Waals surface area contributed by atoms with Gasteiger partial charge in [0.15, 0.2) is 6.61 Å². The van der Waals surface area contributed by atoms with Crippen LogP contribution < -0.4 is 5.32 Å². The Kier molecular flexibility index (Phi) is 9.53. The molecule has 0 saturated carbocycles. The van der Waals surface area contributed by atoms with Crippen LogP contribution in [0.2, 0.25) is 10.0 Å². The van der Waals surface area contributed by atoms with Gasteiger partial charge in [-0.05, 0) is 54.3 Å². The number of halogens is 2. The average Bonchev–Trinajstić information content (AvgIpc) is 3.11. The fourth-order valence-electron chi connectivity index (χ4n) is 3.44. The molecule has 34 heavy (non-hydrogen) atoms. The van der Waals surface area contributed by atoms with Crippen LogP contribution in [0.25, 0.3) is 6.08 Å². The molecule has 0 spiro atoms. The first-order chi connectivity index (χ1) is 16.3. The van der Waals surface area contributed by atoms with Crippen LogP contribution in [0.3, 0.4) is 0 Å². The van der Waals surface area contributed by atoms with Gasteiger partial charge in [0, 0.05) is 35.8 Å². The first kappa shape index (κ1) is 26.2. The fraction of sp³-hybridized carbons (Fsp3) is 0.333. The van der Waals surface area contributed by atoms with Crippen LogP contribution in [0.5, 0.6) is 0 Å². The highest BCUT2D eigenvalue weighted by Gasteiger charge is 2.24. The first-order valence-electron chi connectivity index (χ1n) is 10.9.